The molecule has 0 fully saturated rings. The van der Waals surface area contributed by atoms with Crippen LogP contribution in [-0.2, 0) is 0 Å². The van der Waals surface area contributed by atoms with Gasteiger partial charge in [0.25, 0.3) is 0 Å². The maximum atomic E-state index is 13.0. The summed E-state index contributed by atoms with van der Waals surface area (Å²) in [4.78, 5) is 27.6. The smallest absolute Gasteiger partial charge is 0.210 e. The molecule has 3 heteroatoms. The molecular weight excluding hydrogens is 286 g/mol. The molecular formula is C20H15NO2. The Balaban J connectivity index is 1.88. The molecule has 2 aromatic carbocycles. The van der Waals surface area contributed by atoms with Crippen molar-refractivity contribution in [1.82, 2.24) is 0 Å². The van der Waals surface area contributed by atoms with Crippen molar-refractivity contribution in [3.05, 3.63) is 88.6 Å². The minimum atomic E-state index is -0.0832. The van der Waals surface area contributed by atoms with E-state index < -0.39 is 0 Å². The first-order valence-corrected chi connectivity index (χ1v) is 7.60. The predicted octanol–water partition coefficient (Wildman–Crippen LogP) is 3.70. The molecule has 0 bridgehead atoms. The third kappa shape index (κ3) is 2.05. The highest BCUT2D eigenvalue weighted by Gasteiger charge is 2.35. The van der Waals surface area contributed by atoms with Gasteiger partial charge in [-0.2, -0.15) is 0 Å². The van der Waals surface area contributed by atoms with Crippen LogP contribution in [0.15, 0.2) is 72.0 Å². The molecule has 3 nitrogen and oxygen atoms in total. The van der Waals surface area contributed by atoms with Gasteiger partial charge in [0.05, 0.1) is 5.57 Å². The zero-order valence-corrected chi connectivity index (χ0v) is 12.7. The number of carbonyl (C=O) groups excluding carboxylic acids is 2. The Hall–Kier alpha value is -2.94. The number of aryl methyl sites for hydroxylation is 1. The van der Waals surface area contributed by atoms with Crippen molar-refractivity contribution in [3.8, 4) is 0 Å². The molecule has 0 atom stereocenters. The number of nitrogens with zero attached hydrogens (tertiary/aromatic N) is 1. The van der Waals surface area contributed by atoms with Gasteiger partial charge in [-0.3, -0.25) is 9.59 Å². The van der Waals surface area contributed by atoms with Crippen LogP contribution in [0.4, 0.5) is 5.69 Å². The lowest BCUT2D eigenvalue weighted by Crippen LogP contribution is -2.36. The number of anilines is 1. The quantitative estimate of drug-likeness (QED) is 0.806. The third-order valence-corrected chi connectivity index (χ3v) is 4.32. The van der Waals surface area contributed by atoms with Crippen LogP contribution in [0.3, 0.4) is 0 Å². The first-order chi connectivity index (χ1) is 11.2. The number of allylic oxidation sites excluding steroid dienone is 3. The lowest BCUT2D eigenvalue weighted by atomic mass is 9.85. The van der Waals surface area contributed by atoms with Gasteiger partial charge >= 0.3 is 0 Å². The van der Waals surface area contributed by atoms with E-state index >= 15 is 0 Å². The molecule has 0 saturated carbocycles. The lowest BCUT2D eigenvalue weighted by Gasteiger charge is -2.32. The number of Topliss-reactive ketones (excluding diaryl/α,β-unsaturated/α-hetero) is 2. The summed E-state index contributed by atoms with van der Waals surface area (Å²) in [5, 5.41) is 0. The first-order valence-electron chi connectivity index (χ1n) is 7.60. The van der Waals surface area contributed by atoms with Gasteiger partial charge in [0.1, 0.15) is 5.70 Å². The van der Waals surface area contributed by atoms with Crippen molar-refractivity contribution in [2.75, 3.05) is 11.4 Å². The van der Waals surface area contributed by atoms with Gasteiger partial charge in [-0.15, -0.1) is 0 Å². The summed E-state index contributed by atoms with van der Waals surface area (Å²) in [6.07, 6.45) is 3.70. The van der Waals surface area contributed by atoms with Gasteiger partial charge in [0.15, 0.2) is 5.78 Å². The van der Waals surface area contributed by atoms with E-state index in [9.17, 15) is 9.59 Å². The summed E-state index contributed by atoms with van der Waals surface area (Å²) in [6.45, 7) is 2.61. The molecule has 2 aromatic rings. The Labute approximate surface area is 134 Å². The third-order valence-electron chi connectivity index (χ3n) is 4.32. The largest absolute Gasteiger partial charge is 0.334 e. The van der Waals surface area contributed by atoms with E-state index in [4.69, 9.17) is 0 Å². The Morgan fingerprint density at radius 3 is 2.22 bits per heavy atom. The second-order valence-electron chi connectivity index (χ2n) is 5.81. The molecule has 23 heavy (non-hydrogen) atoms. The van der Waals surface area contributed by atoms with Crippen LogP contribution >= 0.6 is 0 Å². The summed E-state index contributed by atoms with van der Waals surface area (Å²) >= 11 is 0. The molecule has 1 heterocycles. The molecule has 0 spiro atoms. The Kier molecular flexibility index (Phi) is 3.01. The number of fused-ring (bicyclic) bond motifs is 1. The lowest BCUT2D eigenvalue weighted by molar-refractivity contribution is 0.0974. The predicted molar refractivity (Wildman–Crippen MR) is 89.8 cm³/mol. The van der Waals surface area contributed by atoms with Crippen molar-refractivity contribution < 1.29 is 9.59 Å². The SMILES string of the molecule is Cc1ccc(N2CC=CC3=C2C(=O)c2ccccc2C3=O)cc1. The van der Waals surface area contributed by atoms with Crippen LogP contribution in [-0.4, -0.2) is 18.1 Å². The number of hydrogen-bond acceptors (Lipinski definition) is 3. The zero-order valence-electron chi connectivity index (χ0n) is 12.7. The summed E-state index contributed by atoms with van der Waals surface area (Å²) < 4.78 is 0. The van der Waals surface area contributed by atoms with Crippen LogP contribution in [0.5, 0.6) is 0 Å². The van der Waals surface area contributed by atoms with Gasteiger partial charge in [-0.25, -0.2) is 0 Å². The van der Waals surface area contributed by atoms with Gasteiger partial charge in [0.2, 0.25) is 5.78 Å². The van der Waals surface area contributed by atoms with Crippen LogP contribution in [0, 0.1) is 6.92 Å². The summed E-state index contributed by atoms with van der Waals surface area (Å²) in [7, 11) is 0. The van der Waals surface area contributed by atoms with Crippen molar-refractivity contribution >= 4 is 17.3 Å². The van der Waals surface area contributed by atoms with E-state index in [0.29, 0.717) is 28.9 Å². The van der Waals surface area contributed by atoms with Gasteiger partial charge < -0.3 is 4.90 Å². The maximum Gasteiger partial charge on any atom is 0.210 e. The molecule has 0 N–H and O–H groups in total. The summed E-state index contributed by atoms with van der Waals surface area (Å²) in [5.74, 6) is -0.164. The molecule has 112 valence electrons. The van der Waals surface area contributed by atoms with E-state index in [1.54, 1.807) is 30.3 Å². The Morgan fingerprint density at radius 1 is 0.870 bits per heavy atom. The molecule has 4 rings (SSSR count). The second-order valence-corrected chi connectivity index (χ2v) is 5.81. The first kappa shape index (κ1) is 13.7. The number of carbonyl (C=O) groups is 2. The molecule has 0 amide bonds. The Morgan fingerprint density at radius 2 is 1.52 bits per heavy atom. The van der Waals surface area contributed by atoms with Crippen molar-refractivity contribution in [2.24, 2.45) is 0 Å². The molecule has 0 radical (unpaired) electrons. The fourth-order valence-corrected chi connectivity index (χ4v) is 3.13. The molecule has 1 aliphatic heterocycles. The number of hydrogen-bond donors (Lipinski definition) is 0. The second kappa shape index (κ2) is 5.06. The van der Waals surface area contributed by atoms with E-state index in [2.05, 4.69) is 0 Å². The number of ketones is 2. The van der Waals surface area contributed by atoms with E-state index in [1.165, 1.54) is 0 Å². The average molecular weight is 301 g/mol. The number of rotatable bonds is 1. The fraction of sp³-hybridized carbons (Fsp3) is 0.100. The molecule has 0 saturated heterocycles. The minimum absolute atomic E-state index is 0.0803. The van der Waals surface area contributed by atoms with E-state index in [-0.39, 0.29) is 11.6 Å². The fourth-order valence-electron chi connectivity index (χ4n) is 3.13. The highest BCUT2D eigenvalue weighted by atomic mass is 16.1. The molecule has 0 aromatic heterocycles. The van der Waals surface area contributed by atoms with Crippen LogP contribution in [0.1, 0.15) is 26.3 Å². The maximum absolute atomic E-state index is 13.0. The van der Waals surface area contributed by atoms with Gasteiger partial charge in [-0.05, 0) is 19.1 Å². The van der Waals surface area contributed by atoms with E-state index in [0.717, 1.165) is 11.3 Å². The summed E-state index contributed by atoms with van der Waals surface area (Å²) in [6, 6.07) is 15.0. The number of benzene rings is 2. The van der Waals surface area contributed by atoms with Crippen LogP contribution < -0.4 is 4.90 Å². The standard InChI is InChI=1S/C20H15NO2/c1-13-8-10-14(11-9-13)21-12-4-7-17-18(21)20(23)16-6-3-2-5-15(16)19(17)22/h2-11H,12H2,1H3. The highest BCUT2D eigenvalue weighted by molar-refractivity contribution is 6.29. The molecule has 2 aliphatic rings. The molecule has 0 unspecified atom stereocenters. The topological polar surface area (TPSA) is 37.4 Å². The van der Waals surface area contributed by atoms with Crippen LogP contribution in [0.2, 0.25) is 0 Å². The zero-order chi connectivity index (χ0) is 16.0. The van der Waals surface area contributed by atoms with E-state index in [1.807, 2.05) is 42.2 Å². The minimum Gasteiger partial charge on any atom is -0.334 e. The Bertz CT molecular complexity index is 888. The van der Waals surface area contributed by atoms with Gasteiger partial charge in [0, 0.05) is 23.4 Å². The van der Waals surface area contributed by atoms with Crippen LogP contribution in [0.25, 0.3) is 0 Å². The monoisotopic (exact) mass is 301 g/mol. The van der Waals surface area contributed by atoms with Crippen molar-refractivity contribution in [3.63, 3.8) is 0 Å². The average Bonchev–Trinajstić information content (AvgIpc) is 2.60. The normalized spacial score (nSPS) is 16.5. The van der Waals surface area contributed by atoms with Gasteiger partial charge in [-0.1, -0.05) is 54.1 Å². The van der Waals surface area contributed by atoms with Crippen molar-refractivity contribution in [2.45, 2.75) is 6.92 Å². The summed E-state index contributed by atoms with van der Waals surface area (Å²) in [5.41, 5.74) is 4.04. The molecule has 1 aliphatic carbocycles. The van der Waals surface area contributed by atoms with Crippen molar-refractivity contribution in [1.29, 1.82) is 0 Å². The highest BCUT2D eigenvalue weighted by Crippen LogP contribution is 2.34.